The molecule has 138 valence electrons. The van der Waals surface area contributed by atoms with E-state index in [1.807, 2.05) is 18.2 Å². The maximum atomic E-state index is 10.4. The summed E-state index contributed by atoms with van der Waals surface area (Å²) >= 11 is 0. The normalized spacial score (nSPS) is 13.4. The molecule has 0 aliphatic heterocycles. The minimum Gasteiger partial charge on any atom is -0.481 e. The zero-order valence-electron chi connectivity index (χ0n) is 15.0. The van der Waals surface area contributed by atoms with Gasteiger partial charge in [-0.3, -0.25) is 10.1 Å². The van der Waals surface area contributed by atoms with Crippen LogP contribution in [0.15, 0.2) is 36.5 Å². The van der Waals surface area contributed by atoms with Gasteiger partial charge in [-0.05, 0) is 38.5 Å². The van der Waals surface area contributed by atoms with Gasteiger partial charge in [0.25, 0.3) is 0 Å². The van der Waals surface area contributed by atoms with E-state index >= 15 is 0 Å². The second-order valence-electron chi connectivity index (χ2n) is 6.01. The number of hydrogen-bond donors (Lipinski definition) is 2. The molecule has 0 aromatic rings. The molecule has 24 heavy (non-hydrogen) atoms. The molecule has 1 atom stereocenters. The average Bonchev–Trinajstić information content (AvgIpc) is 2.57. The van der Waals surface area contributed by atoms with Gasteiger partial charge < -0.3 is 5.11 Å². The number of rotatable bonds is 16. The predicted octanol–water partition coefficient (Wildman–Crippen LogP) is 5.91. The molecule has 0 aromatic carbocycles. The molecule has 1 unspecified atom stereocenters. The molecule has 4 heteroatoms. The van der Waals surface area contributed by atoms with Crippen LogP contribution in [0.25, 0.3) is 0 Å². The maximum Gasteiger partial charge on any atom is 0.303 e. The van der Waals surface area contributed by atoms with Crippen LogP contribution in [0.5, 0.6) is 0 Å². The first-order chi connectivity index (χ1) is 11.7. The third-order valence-corrected chi connectivity index (χ3v) is 3.73. The van der Waals surface area contributed by atoms with Gasteiger partial charge in [0.1, 0.15) is 6.10 Å². The standard InChI is InChI=1S/C20H34O4/c1-2-3-4-5-10-13-16-19(24-23)17-14-11-8-6-7-9-12-15-18-20(21)22/h8,10-11,13-14,17,19,23H,2-7,9,12,15-16,18H2,1H3,(H,21,22). The van der Waals surface area contributed by atoms with Crippen molar-refractivity contribution in [1.29, 1.82) is 0 Å². The Hall–Kier alpha value is -1.39. The van der Waals surface area contributed by atoms with Gasteiger partial charge in [-0.1, -0.05) is 69.1 Å². The summed E-state index contributed by atoms with van der Waals surface area (Å²) in [7, 11) is 0. The summed E-state index contributed by atoms with van der Waals surface area (Å²) in [5.74, 6) is -0.712. The minimum atomic E-state index is -0.712. The Balaban J connectivity index is 3.67. The van der Waals surface area contributed by atoms with E-state index in [1.165, 1.54) is 19.3 Å². The van der Waals surface area contributed by atoms with Crippen LogP contribution >= 0.6 is 0 Å². The van der Waals surface area contributed by atoms with Crippen molar-refractivity contribution in [2.75, 3.05) is 0 Å². The lowest BCUT2D eigenvalue weighted by Gasteiger charge is -2.04. The van der Waals surface area contributed by atoms with Crippen LogP contribution in [0.1, 0.15) is 77.6 Å². The minimum absolute atomic E-state index is 0.272. The fourth-order valence-corrected chi connectivity index (χ4v) is 2.27. The SMILES string of the molecule is CCCCCC=CCC(C=CC=CCCCCCCC(=O)O)OO. The van der Waals surface area contributed by atoms with E-state index in [0.717, 1.165) is 38.5 Å². The zero-order chi connectivity index (χ0) is 17.9. The Morgan fingerprint density at radius 1 is 0.958 bits per heavy atom. The Morgan fingerprint density at radius 2 is 1.67 bits per heavy atom. The summed E-state index contributed by atoms with van der Waals surface area (Å²) in [5, 5.41) is 17.4. The van der Waals surface area contributed by atoms with Crippen molar-refractivity contribution in [2.45, 2.75) is 83.7 Å². The molecule has 0 bridgehead atoms. The van der Waals surface area contributed by atoms with E-state index in [2.05, 4.69) is 30.0 Å². The summed E-state index contributed by atoms with van der Waals surface area (Å²) in [6.07, 6.45) is 22.3. The molecule has 0 radical (unpaired) electrons. The highest BCUT2D eigenvalue weighted by Gasteiger charge is 2.00. The number of unbranched alkanes of at least 4 members (excludes halogenated alkanes) is 7. The molecule has 0 heterocycles. The van der Waals surface area contributed by atoms with Gasteiger partial charge in [-0.15, -0.1) is 0 Å². The Bertz CT molecular complexity index is 372. The van der Waals surface area contributed by atoms with Crippen molar-refractivity contribution in [3.8, 4) is 0 Å². The van der Waals surface area contributed by atoms with Crippen molar-refractivity contribution < 1.29 is 20.0 Å². The van der Waals surface area contributed by atoms with Gasteiger partial charge in [0.15, 0.2) is 0 Å². The highest BCUT2D eigenvalue weighted by atomic mass is 17.1. The van der Waals surface area contributed by atoms with Crippen LogP contribution in [-0.4, -0.2) is 22.4 Å². The number of carboxylic acids is 1. The van der Waals surface area contributed by atoms with Crippen molar-refractivity contribution in [3.63, 3.8) is 0 Å². The van der Waals surface area contributed by atoms with Crippen LogP contribution in [-0.2, 0) is 9.68 Å². The van der Waals surface area contributed by atoms with Gasteiger partial charge in [-0.2, -0.15) is 0 Å². The van der Waals surface area contributed by atoms with Crippen LogP contribution in [0, 0.1) is 0 Å². The molecule has 0 aliphatic rings. The van der Waals surface area contributed by atoms with Crippen molar-refractivity contribution in [1.82, 2.24) is 0 Å². The number of carbonyl (C=O) groups is 1. The van der Waals surface area contributed by atoms with Gasteiger partial charge in [0.05, 0.1) is 0 Å². The summed E-state index contributed by atoms with van der Waals surface area (Å²) in [4.78, 5) is 14.8. The first-order valence-corrected chi connectivity index (χ1v) is 9.21. The summed E-state index contributed by atoms with van der Waals surface area (Å²) < 4.78 is 0. The summed E-state index contributed by atoms with van der Waals surface area (Å²) in [5.41, 5.74) is 0. The Kier molecular flexibility index (Phi) is 16.9. The van der Waals surface area contributed by atoms with Gasteiger partial charge in [0.2, 0.25) is 0 Å². The van der Waals surface area contributed by atoms with E-state index < -0.39 is 5.97 Å². The first kappa shape index (κ1) is 22.6. The van der Waals surface area contributed by atoms with Crippen LogP contribution < -0.4 is 0 Å². The molecule has 0 aliphatic carbocycles. The maximum absolute atomic E-state index is 10.4. The van der Waals surface area contributed by atoms with Gasteiger partial charge in [0, 0.05) is 6.42 Å². The van der Waals surface area contributed by atoms with Crippen LogP contribution in [0.3, 0.4) is 0 Å². The van der Waals surface area contributed by atoms with Crippen molar-refractivity contribution in [3.05, 3.63) is 36.5 Å². The second-order valence-corrected chi connectivity index (χ2v) is 6.01. The summed E-state index contributed by atoms with van der Waals surface area (Å²) in [6, 6.07) is 0. The van der Waals surface area contributed by atoms with E-state index in [4.69, 9.17) is 10.4 Å². The molecular weight excluding hydrogens is 304 g/mol. The highest BCUT2D eigenvalue weighted by molar-refractivity contribution is 5.66. The van der Waals surface area contributed by atoms with Crippen LogP contribution in [0.4, 0.5) is 0 Å². The Labute approximate surface area is 146 Å². The molecular formula is C20H34O4. The monoisotopic (exact) mass is 338 g/mol. The summed E-state index contributed by atoms with van der Waals surface area (Å²) in [6.45, 7) is 2.19. The predicted molar refractivity (Wildman–Crippen MR) is 99.0 cm³/mol. The lowest BCUT2D eigenvalue weighted by molar-refractivity contribution is -0.264. The molecule has 0 aromatic heterocycles. The molecule has 4 nitrogen and oxygen atoms in total. The topological polar surface area (TPSA) is 66.8 Å². The molecule has 0 fully saturated rings. The van der Waals surface area contributed by atoms with Crippen molar-refractivity contribution in [2.24, 2.45) is 0 Å². The fraction of sp³-hybridized carbons (Fsp3) is 0.650. The Morgan fingerprint density at radius 3 is 2.38 bits per heavy atom. The largest absolute Gasteiger partial charge is 0.481 e. The lowest BCUT2D eigenvalue weighted by Crippen LogP contribution is -2.04. The molecule has 0 saturated carbocycles. The van der Waals surface area contributed by atoms with E-state index in [9.17, 15) is 4.79 Å². The molecule has 0 amide bonds. The number of carboxylic acid groups (broad SMARTS) is 1. The van der Waals surface area contributed by atoms with Gasteiger partial charge in [-0.25, -0.2) is 4.89 Å². The van der Waals surface area contributed by atoms with Crippen LogP contribution in [0.2, 0.25) is 0 Å². The zero-order valence-corrected chi connectivity index (χ0v) is 15.0. The molecule has 0 spiro atoms. The third kappa shape index (κ3) is 17.0. The van der Waals surface area contributed by atoms with E-state index in [-0.39, 0.29) is 12.5 Å². The lowest BCUT2D eigenvalue weighted by atomic mass is 10.1. The third-order valence-electron chi connectivity index (χ3n) is 3.73. The molecule has 2 N–H and O–H groups in total. The van der Waals surface area contributed by atoms with Crippen molar-refractivity contribution >= 4 is 5.97 Å². The first-order valence-electron chi connectivity index (χ1n) is 9.21. The number of allylic oxidation sites excluding steroid dienone is 4. The molecule has 0 saturated heterocycles. The number of hydrogen-bond acceptors (Lipinski definition) is 3. The number of aliphatic carboxylic acids is 1. The molecule has 0 rings (SSSR count). The average molecular weight is 338 g/mol. The fourth-order valence-electron chi connectivity index (χ4n) is 2.27. The second kappa shape index (κ2) is 18.0. The van der Waals surface area contributed by atoms with E-state index in [0.29, 0.717) is 6.42 Å². The quantitative estimate of drug-likeness (QED) is 0.121. The smallest absolute Gasteiger partial charge is 0.303 e. The van der Waals surface area contributed by atoms with Gasteiger partial charge >= 0.3 is 5.97 Å². The highest BCUT2D eigenvalue weighted by Crippen LogP contribution is 2.07. The van der Waals surface area contributed by atoms with E-state index in [1.54, 1.807) is 0 Å².